The minimum atomic E-state index is -1.07. The Labute approximate surface area is 292 Å². The highest BCUT2D eigenvalue weighted by Crippen LogP contribution is 2.47. The summed E-state index contributed by atoms with van der Waals surface area (Å²) < 4.78 is 20.1. The zero-order valence-electron chi connectivity index (χ0n) is 26.0. The van der Waals surface area contributed by atoms with E-state index in [0.29, 0.717) is 50.8 Å². The van der Waals surface area contributed by atoms with Crippen molar-refractivity contribution in [2.75, 3.05) is 0 Å². The normalized spacial score (nSPS) is 11.3. The molecule has 7 rings (SSSR count). The number of carboxylic acids is 1. The molecule has 0 aliphatic rings. The van der Waals surface area contributed by atoms with Crippen LogP contribution < -0.4 is 14.2 Å². The number of benzene rings is 5. The van der Waals surface area contributed by atoms with Crippen LogP contribution in [0.2, 0.25) is 5.02 Å². The van der Waals surface area contributed by atoms with Crippen LogP contribution in [0.25, 0.3) is 32.9 Å². The number of rotatable bonds is 11. The van der Waals surface area contributed by atoms with Gasteiger partial charge in [-0.15, -0.1) is 11.3 Å². The smallest absolute Gasteiger partial charge is 0.336 e. The van der Waals surface area contributed by atoms with E-state index in [9.17, 15) is 9.90 Å². The summed E-state index contributed by atoms with van der Waals surface area (Å²) in [5, 5.41) is 11.5. The topological polar surface area (TPSA) is 77.9 Å². The molecule has 6 nitrogen and oxygen atoms in total. The van der Waals surface area contributed by atoms with E-state index in [1.54, 1.807) is 54.9 Å². The number of hydrogen-bond acceptors (Lipinski definition) is 6. The summed E-state index contributed by atoms with van der Waals surface area (Å²) in [6.45, 7) is 0.309. The summed E-state index contributed by atoms with van der Waals surface area (Å²) in [5.41, 5.74) is 3.89. The van der Waals surface area contributed by atoms with E-state index in [4.69, 9.17) is 25.8 Å². The van der Waals surface area contributed by atoms with Gasteiger partial charge < -0.3 is 19.3 Å². The van der Waals surface area contributed by atoms with Crippen LogP contribution >= 0.6 is 22.9 Å². The van der Waals surface area contributed by atoms with E-state index < -0.39 is 5.97 Å². The molecular formula is C41H28ClNO5S. The fourth-order valence-corrected chi connectivity index (χ4v) is 6.46. The summed E-state index contributed by atoms with van der Waals surface area (Å²) in [7, 11) is 0. The van der Waals surface area contributed by atoms with Gasteiger partial charge in [0.25, 0.3) is 0 Å². The van der Waals surface area contributed by atoms with Crippen LogP contribution in [0.1, 0.15) is 16.0 Å². The third-order valence-corrected chi connectivity index (χ3v) is 9.02. The standard InChI is InChI=1S/C41H28ClNO5S/c42-31-15-17-33(18-16-31)48-40-35-23-37(47-32-9-5-2-6-10-32)36(46-26-27-11-13-29(14-12-27)28-7-3-1-4-8-28)25-38(35)49-39(40)24-34(41(44)45)30-19-21-43-22-20-30/h1-25H,26H2,(H,44,45)/b34-24+. The van der Waals surface area contributed by atoms with Gasteiger partial charge in [-0.3, -0.25) is 4.98 Å². The second-order valence-electron chi connectivity index (χ2n) is 11.0. The molecule has 0 unspecified atom stereocenters. The zero-order valence-corrected chi connectivity index (χ0v) is 27.5. The van der Waals surface area contributed by atoms with Gasteiger partial charge >= 0.3 is 5.97 Å². The number of para-hydroxylation sites is 1. The highest BCUT2D eigenvalue weighted by molar-refractivity contribution is 7.20. The summed E-state index contributed by atoms with van der Waals surface area (Å²) >= 11 is 7.55. The van der Waals surface area contributed by atoms with Gasteiger partial charge in [0.2, 0.25) is 0 Å². The zero-order chi connectivity index (χ0) is 33.6. The highest BCUT2D eigenvalue weighted by Gasteiger charge is 2.21. The molecule has 1 N–H and O–H groups in total. The number of nitrogens with zero attached hydrogens (tertiary/aromatic N) is 1. The molecule has 2 aromatic heterocycles. The first-order valence-corrected chi connectivity index (χ1v) is 16.6. The molecule has 0 atom stereocenters. The number of aliphatic carboxylic acids is 1. The number of hydrogen-bond donors (Lipinski definition) is 1. The number of halogens is 1. The van der Waals surface area contributed by atoms with Crippen molar-refractivity contribution in [3.8, 4) is 39.9 Å². The second kappa shape index (κ2) is 14.5. The van der Waals surface area contributed by atoms with E-state index in [2.05, 4.69) is 41.4 Å². The number of pyridine rings is 1. The lowest BCUT2D eigenvalue weighted by Gasteiger charge is -2.14. The third-order valence-electron chi connectivity index (χ3n) is 7.69. The summed E-state index contributed by atoms with van der Waals surface area (Å²) in [4.78, 5) is 17.1. The van der Waals surface area contributed by atoms with Gasteiger partial charge in [-0.05, 0) is 82.9 Å². The quantitative estimate of drug-likeness (QED) is 0.137. The van der Waals surface area contributed by atoms with E-state index in [-0.39, 0.29) is 5.57 Å². The molecule has 0 fully saturated rings. The molecule has 0 bridgehead atoms. The van der Waals surface area contributed by atoms with Gasteiger partial charge in [0, 0.05) is 33.6 Å². The Morgan fingerprint density at radius 1 is 0.735 bits per heavy atom. The van der Waals surface area contributed by atoms with Crippen molar-refractivity contribution in [3.05, 3.63) is 167 Å². The van der Waals surface area contributed by atoms with E-state index >= 15 is 0 Å². The number of thiophene rings is 1. The lowest BCUT2D eigenvalue weighted by atomic mass is 10.0. The molecule has 240 valence electrons. The maximum Gasteiger partial charge on any atom is 0.336 e. The van der Waals surface area contributed by atoms with Crippen molar-refractivity contribution in [2.24, 2.45) is 0 Å². The molecule has 2 heterocycles. The first-order valence-electron chi connectivity index (χ1n) is 15.4. The molecule has 5 aromatic carbocycles. The van der Waals surface area contributed by atoms with Gasteiger partial charge in [-0.1, -0.05) is 84.4 Å². The number of aromatic nitrogens is 1. The highest BCUT2D eigenvalue weighted by atomic mass is 35.5. The largest absolute Gasteiger partial charge is 0.485 e. The van der Waals surface area contributed by atoms with Gasteiger partial charge in [0.05, 0.1) is 10.5 Å². The summed E-state index contributed by atoms with van der Waals surface area (Å²) in [6.07, 6.45) is 4.75. The number of carbonyl (C=O) groups is 1. The average molecular weight is 682 g/mol. The predicted molar refractivity (Wildman–Crippen MR) is 196 cm³/mol. The van der Waals surface area contributed by atoms with E-state index in [1.807, 2.05) is 60.7 Å². The van der Waals surface area contributed by atoms with E-state index in [1.165, 1.54) is 11.3 Å². The van der Waals surface area contributed by atoms with Crippen molar-refractivity contribution >= 4 is 50.6 Å². The number of ether oxygens (including phenoxy) is 3. The predicted octanol–water partition coefficient (Wildman–Crippen LogP) is 11.4. The maximum absolute atomic E-state index is 12.5. The number of fused-ring (bicyclic) bond motifs is 1. The van der Waals surface area contributed by atoms with Gasteiger partial charge in [0.15, 0.2) is 17.2 Å². The van der Waals surface area contributed by atoms with Crippen molar-refractivity contribution in [2.45, 2.75) is 6.61 Å². The van der Waals surface area contributed by atoms with E-state index in [0.717, 1.165) is 26.8 Å². The van der Waals surface area contributed by atoms with Crippen molar-refractivity contribution in [1.29, 1.82) is 0 Å². The molecule has 0 saturated heterocycles. The number of carboxylic acid groups (broad SMARTS) is 1. The molecule has 0 saturated carbocycles. The molecule has 0 spiro atoms. The molecule has 7 aromatic rings. The van der Waals surface area contributed by atoms with Crippen LogP contribution in [-0.4, -0.2) is 16.1 Å². The van der Waals surface area contributed by atoms with Crippen LogP contribution in [0.4, 0.5) is 0 Å². The maximum atomic E-state index is 12.5. The van der Waals surface area contributed by atoms with Crippen molar-refractivity contribution < 1.29 is 24.1 Å². The fraction of sp³-hybridized carbons (Fsp3) is 0.0244. The fourth-order valence-electron chi connectivity index (χ4n) is 5.25. The lowest BCUT2D eigenvalue weighted by molar-refractivity contribution is -0.130. The van der Waals surface area contributed by atoms with Gasteiger partial charge in [-0.2, -0.15) is 0 Å². The van der Waals surface area contributed by atoms with Crippen LogP contribution in [0.3, 0.4) is 0 Å². The average Bonchev–Trinajstić information content (AvgIpc) is 3.46. The lowest BCUT2D eigenvalue weighted by Crippen LogP contribution is -1.99. The van der Waals surface area contributed by atoms with Gasteiger partial charge in [0.1, 0.15) is 18.1 Å². The Balaban J connectivity index is 1.31. The molecule has 0 amide bonds. The Hall–Kier alpha value is -5.89. The first kappa shape index (κ1) is 31.7. The Bertz CT molecular complexity index is 2240. The molecule has 49 heavy (non-hydrogen) atoms. The molecule has 8 heteroatoms. The van der Waals surface area contributed by atoms with Crippen molar-refractivity contribution in [3.63, 3.8) is 0 Å². The van der Waals surface area contributed by atoms with Crippen LogP contribution in [0.5, 0.6) is 28.7 Å². The summed E-state index contributed by atoms with van der Waals surface area (Å²) in [6, 6.07) is 42.1. The first-order chi connectivity index (χ1) is 24.0. The second-order valence-corrected chi connectivity index (χ2v) is 12.5. The SMILES string of the molecule is O=C(O)/C(=C/c1sc2cc(OCc3ccc(-c4ccccc4)cc3)c(Oc3ccccc3)cc2c1Oc1ccc(Cl)cc1)c1ccncc1. The Kier molecular flexibility index (Phi) is 9.37. The molecular weight excluding hydrogens is 654 g/mol. The minimum absolute atomic E-state index is 0.103. The molecule has 0 radical (unpaired) electrons. The summed E-state index contributed by atoms with van der Waals surface area (Å²) in [5.74, 6) is 1.62. The molecule has 0 aliphatic heterocycles. The van der Waals surface area contributed by atoms with Crippen LogP contribution in [-0.2, 0) is 11.4 Å². The minimum Gasteiger partial charge on any atom is -0.485 e. The molecule has 0 aliphatic carbocycles. The Morgan fingerprint density at radius 3 is 2.08 bits per heavy atom. The monoisotopic (exact) mass is 681 g/mol. The van der Waals surface area contributed by atoms with Crippen LogP contribution in [0.15, 0.2) is 146 Å². The van der Waals surface area contributed by atoms with Crippen LogP contribution in [0, 0.1) is 0 Å². The Morgan fingerprint density at radius 2 is 1.39 bits per heavy atom. The van der Waals surface area contributed by atoms with Gasteiger partial charge in [-0.25, -0.2) is 4.79 Å². The van der Waals surface area contributed by atoms with Crippen molar-refractivity contribution in [1.82, 2.24) is 4.98 Å². The third kappa shape index (κ3) is 7.49.